The summed E-state index contributed by atoms with van der Waals surface area (Å²) in [7, 11) is -3.24. The molecule has 0 aromatic heterocycles. The maximum absolute atomic E-state index is 13.6. The van der Waals surface area contributed by atoms with Gasteiger partial charge in [0, 0.05) is 5.56 Å². The van der Waals surface area contributed by atoms with Crippen molar-refractivity contribution in [1.82, 2.24) is 0 Å². The highest BCUT2D eigenvalue weighted by molar-refractivity contribution is 7.67. The molecular weight excluding hydrogens is 699 g/mol. The zero-order chi connectivity index (χ0) is 38.4. The minimum Gasteiger partial charge on any atom is -0.491 e. The van der Waals surface area contributed by atoms with E-state index in [4.69, 9.17) is 28.2 Å². The van der Waals surface area contributed by atoms with Crippen molar-refractivity contribution in [1.29, 1.82) is 0 Å². The second-order valence-electron chi connectivity index (χ2n) is 12.8. The van der Waals surface area contributed by atoms with Gasteiger partial charge in [-0.15, -0.1) is 0 Å². The molecule has 2 saturated heterocycles. The fourth-order valence-corrected chi connectivity index (χ4v) is 7.27. The van der Waals surface area contributed by atoms with Crippen LogP contribution in [0.25, 0.3) is 11.1 Å². The van der Waals surface area contributed by atoms with E-state index in [0.29, 0.717) is 42.2 Å². The van der Waals surface area contributed by atoms with Gasteiger partial charge in [0.1, 0.15) is 55.0 Å². The summed E-state index contributed by atoms with van der Waals surface area (Å²) in [5, 5.41) is 11.1. The molecule has 0 amide bonds. The normalized spacial score (nSPS) is 18.5. The number of hydrogen-bond donors (Lipinski definition) is 1. The molecule has 0 aliphatic carbocycles. The number of para-hydroxylation sites is 4. The maximum atomic E-state index is 13.6. The predicted molar refractivity (Wildman–Crippen MR) is 218 cm³/mol. The van der Waals surface area contributed by atoms with Crippen molar-refractivity contribution < 1.29 is 37.9 Å². The van der Waals surface area contributed by atoms with E-state index in [1.54, 1.807) is 0 Å². The Kier molecular flexibility index (Phi) is 18.2. The van der Waals surface area contributed by atoms with Gasteiger partial charge in [-0.05, 0) is 54.1 Å². The van der Waals surface area contributed by atoms with Crippen LogP contribution in [0.1, 0.15) is 40.5 Å². The first-order chi connectivity index (χ1) is 26.4. The summed E-state index contributed by atoms with van der Waals surface area (Å²) in [6, 6.07) is 43.9. The zero-order valence-corrected chi connectivity index (χ0v) is 32.8. The summed E-state index contributed by atoms with van der Waals surface area (Å²) in [6.07, 6.45) is 2.29. The molecule has 3 aliphatic rings. The lowest BCUT2D eigenvalue weighted by atomic mass is 10.0. The van der Waals surface area contributed by atoms with Gasteiger partial charge >= 0.3 is 0 Å². The largest absolute Gasteiger partial charge is 0.491 e. The molecule has 8 nitrogen and oxygen atoms in total. The van der Waals surface area contributed by atoms with Crippen LogP contribution in [-0.2, 0) is 14.0 Å². The highest BCUT2D eigenvalue weighted by Gasteiger charge is 2.37. The third-order valence-corrected chi connectivity index (χ3v) is 10.0. The van der Waals surface area contributed by atoms with E-state index in [9.17, 15) is 9.67 Å². The van der Waals surface area contributed by atoms with Crippen molar-refractivity contribution in [3.05, 3.63) is 140 Å². The van der Waals surface area contributed by atoms with E-state index in [0.717, 1.165) is 35.8 Å². The molecule has 4 atom stereocenters. The Morgan fingerprint density at radius 3 is 1.44 bits per heavy atom. The van der Waals surface area contributed by atoms with Crippen molar-refractivity contribution in [3.63, 3.8) is 0 Å². The average molecular weight is 755 g/mol. The molecule has 2 fully saturated rings. The van der Waals surface area contributed by atoms with Gasteiger partial charge in [0.15, 0.2) is 0 Å². The summed E-state index contributed by atoms with van der Waals surface area (Å²) in [5.41, 5.74) is 1.82. The Balaban J connectivity index is 0.000000191. The van der Waals surface area contributed by atoms with Crippen LogP contribution in [0.15, 0.2) is 140 Å². The van der Waals surface area contributed by atoms with Crippen LogP contribution in [0.4, 0.5) is 0 Å². The highest BCUT2D eigenvalue weighted by Crippen LogP contribution is 2.54. The smallest absolute Gasteiger partial charge is 0.280 e. The molecule has 8 rings (SSSR count). The van der Waals surface area contributed by atoms with Gasteiger partial charge in [-0.25, -0.2) is 0 Å². The molecule has 1 N–H and O–H groups in total. The van der Waals surface area contributed by atoms with Crippen LogP contribution in [0, 0.1) is 0 Å². The fraction of sp³-hybridized carbons (Fsp3) is 0.333. The number of rotatable bonds is 11. The van der Waals surface area contributed by atoms with Crippen LogP contribution >= 0.6 is 7.37 Å². The minimum atomic E-state index is -3.24. The molecule has 54 heavy (non-hydrogen) atoms. The van der Waals surface area contributed by atoms with Crippen LogP contribution < -0.4 is 24.0 Å². The number of ether oxygens (including phenoxy) is 5. The van der Waals surface area contributed by atoms with Crippen LogP contribution in [0.5, 0.6) is 23.0 Å². The predicted octanol–water partition coefficient (Wildman–Crippen LogP) is 9.85. The van der Waals surface area contributed by atoms with Crippen LogP contribution in [0.3, 0.4) is 0 Å². The number of benzene rings is 5. The molecule has 288 valence electrons. The van der Waals surface area contributed by atoms with E-state index in [1.807, 2.05) is 140 Å². The van der Waals surface area contributed by atoms with E-state index in [-0.39, 0.29) is 12.8 Å². The maximum Gasteiger partial charge on any atom is 0.280 e. The van der Waals surface area contributed by atoms with Crippen molar-refractivity contribution in [2.45, 2.75) is 58.8 Å². The topological polar surface area (TPSA) is 99.3 Å². The molecule has 0 bridgehead atoms. The first-order valence-electron chi connectivity index (χ1n) is 18.8. The molecule has 3 heterocycles. The van der Waals surface area contributed by atoms with E-state index in [1.165, 1.54) is 12.8 Å². The number of fused-ring (bicyclic) bond motifs is 3. The highest BCUT2D eigenvalue weighted by atomic mass is 31.2. The monoisotopic (exact) mass is 754 g/mol. The van der Waals surface area contributed by atoms with Crippen molar-refractivity contribution in [3.8, 4) is 34.1 Å². The number of hydrogen-bond acceptors (Lipinski definition) is 8. The number of aliphatic hydroxyl groups is 1. The van der Waals surface area contributed by atoms with E-state index >= 15 is 0 Å². The lowest BCUT2D eigenvalue weighted by Gasteiger charge is -2.29. The lowest BCUT2D eigenvalue weighted by Crippen LogP contribution is -2.28. The Labute approximate surface area is 321 Å². The Bertz CT molecular complexity index is 1730. The third kappa shape index (κ3) is 15.0. The standard InChI is InChI=1S/C21H19O4P.2C9H10O2.2C3H8/c22-16(14-24-17-8-2-1-3-9-17)15-26(23)21-13-7-5-11-19(21)18-10-4-6-12-20(18)25-26;2*1-2-4-8(5-3-1)10-6-9-7-11-9;2*1-3-2/h1-13,16,22H,14-15H2;2*1-5,9H,6-7H2;2*3H2,1-2H3. The second kappa shape index (κ2) is 23.3. The Morgan fingerprint density at radius 1 is 0.593 bits per heavy atom. The van der Waals surface area contributed by atoms with Gasteiger partial charge in [-0.2, -0.15) is 0 Å². The van der Waals surface area contributed by atoms with Gasteiger partial charge in [0.25, 0.3) is 7.37 Å². The van der Waals surface area contributed by atoms with Gasteiger partial charge in [-0.3, -0.25) is 4.57 Å². The minimum absolute atomic E-state index is 0.00514. The average Bonchev–Trinajstić information content (AvgIpc) is 4.15. The summed E-state index contributed by atoms with van der Waals surface area (Å²) in [5.74, 6) is 3.09. The summed E-state index contributed by atoms with van der Waals surface area (Å²) < 4.78 is 45.9. The molecule has 0 saturated carbocycles. The van der Waals surface area contributed by atoms with Crippen molar-refractivity contribution >= 4 is 12.7 Å². The van der Waals surface area contributed by atoms with Crippen molar-refractivity contribution in [2.75, 3.05) is 39.2 Å². The van der Waals surface area contributed by atoms with Gasteiger partial charge in [0.05, 0.1) is 30.8 Å². The first kappa shape index (κ1) is 42.2. The fourth-order valence-electron chi connectivity index (χ4n) is 4.89. The molecular formula is C45H55O8P. The number of epoxide rings is 2. The SMILES string of the molecule is CCC.CCC.O=P1(CC(O)COc2ccccc2)Oc2ccccc2-c2ccccc21.c1ccc(OCC2CO2)cc1.c1ccc(OCC2CO2)cc1. The molecule has 3 aliphatic heterocycles. The van der Waals surface area contributed by atoms with Crippen molar-refractivity contribution in [2.24, 2.45) is 0 Å². The summed E-state index contributed by atoms with van der Waals surface area (Å²) in [6.45, 7) is 11.6. The van der Waals surface area contributed by atoms with Crippen LogP contribution in [0.2, 0.25) is 0 Å². The molecule has 5 aromatic carbocycles. The molecule has 0 spiro atoms. The Morgan fingerprint density at radius 2 is 0.981 bits per heavy atom. The molecule has 0 radical (unpaired) electrons. The molecule has 9 heteroatoms. The first-order valence-corrected chi connectivity index (χ1v) is 20.6. The zero-order valence-electron chi connectivity index (χ0n) is 31.9. The molecule has 5 aromatic rings. The lowest BCUT2D eigenvalue weighted by molar-refractivity contribution is 0.123. The van der Waals surface area contributed by atoms with Gasteiger partial charge in [-0.1, -0.05) is 132 Å². The van der Waals surface area contributed by atoms with Gasteiger partial charge in [0.2, 0.25) is 0 Å². The Hall–Kier alpha value is -4.59. The summed E-state index contributed by atoms with van der Waals surface area (Å²) in [4.78, 5) is 0. The summed E-state index contributed by atoms with van der Waals surface area (Å²) >= 11 is 0. The quantitative estimate of drug-likeness (QED) is 0.105. The van der Waals surface area contributed by atoms with Gasteiger partial charge < -0.3 is 33.3 Å². The number of aliphatic hydroxyl groups excluding tert-OH is 1. The second-order valence-corrected chi connectivity index (χ2v) is 15.2. The van der Waals surface area contributed by atoms with E-state index in [2.05, 4.69) is 27.7 Å². The van der Waals surface area contributed by atoms with Crippen LogP contribution in [-0.4, -0.2) is 62.6 Å². The van der Waals surface area contributed by atoms with E-state index < -0.39 is 13.5 Å². The third-order valence-electron chi connectivity index (χ3n) is 7.49. The molecule has 4 unspecified atom stereocenters.